The fourth-order valence-electron chi connectivity index (χ4n) is 4.84. The minimum Gasteiger partial charge on any atom is -0.454 e. The summed E-state index contributed by atoms with van der Waals surface area (Å²) in [7, 11) is 1.69. The van der Waals surface area contributed by atoms with Crippen molar-refractivity contribution in [2.45, 2.75) is 18.5 Å². The summed E-state index contributed by atoms with van der Waals surface area (Å²) in [6, 6.07) is 12.9. The van der Waals surface area contributed by atoms with Gasteiger partial charge in [-0.25, -0.2) is 0 Å². The molecule has 0 aliphatic carbocycles. The smallest absolute Gasteiger partial charge is 0.245 e. The van der Waals surface area contributed by atoms with Crippen molar-refractivity contribution in [3.63, 3.8) is 0 Å². The van der Waals surface area contributed by atoms with E-state index in [0.29, 0.717) is 17.9 Å². The molecule has 7 nitrogen and oxygen atoms in total. The van der Waals surface area contributed by atoms with Gasteiger partial charge in [-0.15, -0.1) is 0 Å². The first-order valence-electron chi connectivity index (χ1n) is 9.67. The number of piperazine rings is 1. The highest BCUT2D eigenvalue weighted by Gasteiger charge is 2.47. The molecule has 3 aliphatic heterocycles. The first-order valence-corrected chi connectivity index (χ1v) is 9.67. The minimum absolute atomic E-state index is 0.0220. The third-order valence-electron chi connectivity index (χ3n) is 6.17. The number of ether oxygens (including phenoxy) is 2. The monoisotopic (exact) mass is 389 g/mol. The van der Waals surface area contributed by atoms with Crippen molar-refractivity contribution in [3.05, 3.63) is 59.3 Å². The number of nitrogens with zero attached hydrogens (tertiary/aromatic N) is 2. The Morgan fingerprint density at radius 3 is 2.79 bits per heavy atom. The van der Waals surface area contributed by atoms with Crippen molar-refractivity contribution in [2.75, 3.05) is 20.4 Å². The molecular weight excluding hydrogens is 370 g/mol. The molecule has 2 amide bonds. The van der Waals surface area contributed by atoms with Crippen molar-refractivity contribution < 1.29 is 19.1 Å². The summed E-state index contributed by atoms with van der Waals surface area (Å²) in [5.41, 5.74) is 3.97. The first kappa shape index (κ1) is 16.5. The van der Waals surface area contributed by atoms with Gasteiger partial charge in [0, 0.05) is 30.1 Å². The molecule has 2 aromatic carbocycles. The van der Waals surface area contributed by atoms with Gasteiger partial charge in [-0.1, -0.05) is 24.3 Å². The molecule has 1 saturated heterocycles. The number of aromatic nitrogens is 1. The maximum absolute atomic E-state index is 13.1. The molecule has 4 heterocycles. The quantitative estimate of drug-likeness (QED) is 0.693. The molecule has 1 fully saturated rings. The van der Waals surface area contributed by atoms with E-state index in [9.17, 15) is 9.59 Å². The van der Waals surface area contributed by atoms with Crippen LogP contribution in [0.15, 0.2) is 42.5 Å². The highest BCUT2D eigenvalue weighted by molar-refractivity contribution is 5.97. The fourth-order valence-corrected chi connectivity index (χ4v) is 4.84. The third-order valence-corrected chi connectivity index (χ3v) is 6.17. The molecule has 0 spiro atoms. The number of likely N-dealkylation sites (N-methyl/N-ethyl adjacent to an activating group) is 1. The number of aromatic amines is 1. The van der Waals surface area contributed by atoms with Crippen LogP contribution in [0.4, 0.5) is 0 Å². The van der Waals surface area contributed by atoms with Crippen LogP contribution in [0.1, 0.15) is 22.9 Å². The Hall–Kier alpha value is -3.48. The average molecular weight is 389 g/mol. The predicted octanol–water partition coefficient (Wildman–Crippen LogP) is 2.21. The van der Waals surface area contributed by atoms with E-state index in [2.05, 4.69) is 11.1 Å². The van der Waals surface area contributed by atoms with Gasteiger partial charge in [-0.05, 0) is 29.3 Å². The molecule has 1 aromatic heterocycles. The molecule has 1 unspecified atom stereocenters. The molecular formula is C22H19N3O4. The second kappa shape index (κ2) is 5.76. The zero-order valence-corrected chi connectivity index (χ0v) is 15.8. The zero-order valence-electron chi connectivity index (χ0n) is 15.8. The van der Waals surface area contributed by atoms with Crippen molar-refractivity contribution in [2.24, 2.45) is 0 Å². The highest BCUT2D eigenvalue weighted by Crippen LogP contribution is 2.44. The van der Waals surface area contributed by atoms with Gasteiger partial charge >= 0.3 is 0 Å². The largest absolute Gasteiger partial charge is 0.454 e. The third kappa shape index (κ3) is 2.24. The number of hydrogen-bond donors (Lipinski definition) is 1. The number of H-pyrrole nitrogens is 1. The summed E-state index contributed by atoms with van der Waals surface area (Å²) in [4.78, 5) is 32.9. The van der Waals surface area contributed by atoms with Crippen LogP contribution in [0.5, 0.6) is 11.5 Å². The summed E-state index contributed by atoms with van der Waals surface area (Å²) in [6.45, 7) is 0.279. The number of carbonyl (C=O) groups excluding carboxylic acids is 2. The lowest BCUT2D eigenvalue weighted by atomic mass is 9.86. The van der Waals surface area contributed by atoms with E-state index in [1.54, 1.807) is 11.9 Å². The Morgan fingerprint density at radius 1 is 1.07 bits per heavy atom. The molecule has 2 atom stereocenters. The Kier molecular flexibility index (Phi) is 3.27. The normalized spacial score (nSPS) is 22.8. The van der Waals surface area contributed by atoms with Crippen LogP contribution in [0, 0.1) is 0 Å². The number of nitrogens with one attached hydrogen (secondary N) is 1. The van der Waals surface area contributed by atoms with Gasteiger partial charge in [-0.2, -0.15) is 0 Å². The lowest BCUT2D eigenvalue weighted by Crippen LogP contribution is -2.62. The van der Waals surface area contributed by atoms with E-state index in [-0.39, 0.29) is 31.2 Å². The first-order chi connectivity index (χ1) is 14.1. The topological polar surface area (TPSA) is 74.9 Å². The Morgan fingerprint density at radius 2 is 1.90 bits per heavy atom. The minimum atomic E-state index is -0.511. The van der Waals surface area contributed by atoms with Crippen molar-refractivity contribution >= 4 is 22.7 Å². The number of benzene rings is 2. The molecule has 1 N–H and O–H groups in total. The van der Waals surface area contributed by atoms with Crippen LogP contribution < -0.4 is 9.47 Å². The summed E-state index contributed by atoms with van der Waals surface area (Å²) in [6.07, 6.45) is 0.509. The number of rotatable bonds is 1. The maximum atomic E-state index is 13.1. The standard InChI is InChI=1S/C22H19N3O4/c1-24-10-19(26)25-16(22(24)27)9-14-13-4-2-3-5-15(13)23-20(14)21(25)12-6-7-17-18(8-12)29-11-28-17/h2-8,16,21,23H,9-11H2,1H3/t16?,21-/m1/s1. The predicted molar refractivity (Wildman–Crippen MR) is 105 cm³/mol. The van der Waals surface area contributed by atoms with E-state index < -0.39 is 6.04 Å². The summed E-state index contributed by atoms with van der Waals surface area (Å²) < 4.78 is 11.0. The average Bonchev–Trinajstić information content (AvgIpc) is 3.34. The lowest BCUT2D eigenvalue weighted by Gasteiger charge is -2.46. The van der Waals surface area contributed by atoms with E-state index in [1.165, 1.54) is 4.90 Å². The fraction of sp³-hybridized carbons (Fsp3) is 0.273. The summed E-state index contributed by atoms with van der Waals surface area (Å²) >= 11 is 0. The molecule has 0 radical (unpaired) electrons. The lowest BCUT2D eigenvalue weighted by molar-refractivity contribution is -0.157. The van der Waals surface area contributed by atoms with E-state index >= 15 is 0 Å². The number of fused-ring (bicyclic) bond motifs is 5. The van der Waals surface area contributed by atoms with Crippen LogP contribution in [0.25, 0.3) is 10.9 Å². The van der Waals surface area contributed by atoms with Crippen LogP contribution in [-0.2, 0) is 16.0 Å². The molecule has 3 aliphatic rings. The van der Waals surface area contributed by atoms with E-state index in [4.69, 9.17) is 9.47 Å². The van der Waals surface area contributed by atoms with Crippen LogP contribution in [0.2, 0.25) is 0 Å². The number of carbonyl (C=O) groups is 2. The van der Waals surface area contributed by atoms with Gasteiger partial charge in [0.1, 0.15) is 6.04 Å². The number of para-hydroxylation sites is 1. The van der Waals surface area contributed by atoms with Crippen LogP contribution >= 0.6 is 0 Å². The Balaban J connectivity index is 1.59. The molecule has 29 heavy (non-hydrogen) atoms. The van der Waals surface area contributed by atoms with Crippen molar-refractivity contribution in [1.82, 2.24) is 14.8 Å². The molecule has 0 bridgehead atoms. The Labute approximate surface area is 166 Å². The van der Waals surface area contributed by atoms with Crippen LogP contribution in [0.3, 0.4) is 0 Å². The van der Waals surface area contributed by atoms with Crippen molar-refractivity contribution in [3.8, 4) is 11.5 Å². The molecule has 0 saturated carbocycles. The summed E-state index contributed by atoms with van der Waals surface area (Å²) in [5, 5.41) is 1.10. The van der Waals surface area contributed by atoms with Gasteiger partial charge in [0.15, 0.2) is 11.5 Å². The molecule has 7 heteroatoms. The molecule has 6 rings (SSSR count). The second-order valence-corrected chi connectivity index (χ2v) is 7.79. The van der Waals surface area contributed by atoms with E-state index in [1.807, 2.05) is 36.4 Å². The summed E-state index contributed by atoms with van der Waals surface area (Å²) in [5.74, 6) is 1.28. The van der Waals surface area contributed by atoms with Gasteiger partial charge in [-0.3, -0.25) is 9.59 Å². The second-order valence-electron chi connectivity index (χ2n) is 7.79. The van der Waals surface area contributed by atoms with Gasteiger partial charge < -0.3 is 24.3 Å². The molecule has 146 valence electrons. The van der Waals surface area contributed by atoms with E-state index in [0.717, 1.165) is 27.7 Å². The molecule has 3 aromatic rings. The number of amides is 2. The Bertz CT molecular complexity index is 1180. The highest BCUT2D eigenvalue weighted by atomic mass is 16.7. The number of hydrogen-bond acceptors (Lipinski definition) is 4. The van der Waals surface area contributed by atoms with Gasteiger partial charge in [0.2, 0.25) is 18.6 Å². The van der Waals surface area contributed by atoms with Gasteiger partial charge in [0.25, 0.3) is 0 Å². The SMILES string of the molecule is CN1CC(=O)N2C(Cc3c([nH]c4ccccc34)[C@H]2c2ccc3c(c2)OCO3)C1=O. The van der Waals surface area contributed by atoms with Crippen molar-refractivity contribution in [1.29, 1.82) is 0 Å². The van der Waals surface area contributed by atoms with Crippen LogP contribution in [-0.4, -0.2) is 53.0 Å². The maximum Gasteiger partial charge on any atom is 0.245 e. The van der Waals surface area contributed by atoms with Gasteiger partial charge in [0.05, 0.1) is 12.6 Å². The zero-order chi connectivity index (χ0) is 19.7.